The molecule has 0 aliphatic rings. The molecule has 0 bridgehead atoms. The van der Waals surface area contributed by atoms with E-state index in [-0.39, 0.29) is 18.5 Å². The van der Waals surface area contributed by atoms with Gasteiger partial charge in [0.05, 0.1) is 13.2 Å². The number of hydrogen-bond acceptors (Lipinski definition) is 3. The molecule has 0 fully saturated rings. The van der Waals surface area contributed by atoms with E-state index in [1.165, 1.54) is 7.11 Å². The van der Waals surface area contributed by atoms with E-state index in [1.54, 1.807) is 0 Å². The van der Waals surface area contributed by atoms with Crippen molar-refractivity contribution >= 4 is 12.0 Å². The molecule has 5 nitrogen and oxygen atoms in total. The Morgan fingerprint density at radius 1 is 1.29 bits per heavy atom. The number of amides is 2. The van der Waals surface area contributed by atoms with E-state index in [9.17, 15) is 9.59 Å². The maximum atomic E-state index is 11.5. The lowest BCUT2D eigenvalue weighted by molar-refractivity contribution is -0.120. The number of rotatable bonds is 4. The van der Waals surface area contributed by atoms with Gasteiger partial charge in [-0.2, -0.15) is 0 Å². The van der Waals surface area contributed by atoms with E-state index in [4.69, 9.17) is 0 Å². The van der Waals surface area contributed by atoms with Crippen LogP contribution < -0.4 is 10.6 Å². The smallest absolute Gasteiger partial charge is 0.407 e. The average Bonchev–Trinajstić information content (AvgIpc) is 2.36. The quantitative estimate of drug-likeness (QED) is 0.826. The second kappa shape index (κ2) is 6.52. The molecule has 0 saturated heterocycles. The molecule has 1 unspecified atom stereocenters. The van der Waals surface area contributed by atoms with Gasteiger partial charge in [-0.1, -0.05) is 30.3 Å². The van der Waals surface area contributed by atoms with Crippen LogP contribution in [0.5, 0.6) is 0 Å². The van der Waals surface area contributed by atoms with Crippen LogP contribution in [-0.4, -0.2) is 25.7 Å². The summed E-state index contributed by atoms with van der Waals surface area (Å²) in [6, 6.07) is 9.49. The summed E-state index contributed by atoms with van der Waals surface area (Å²) < 4.78 is 4.36. The summed E-state index contributed by atoms with van der Waals surface area (Å²) in [7, 11) is 1.25. The van der Waals surface area contributed by atoms with Gasteiger partial charge in [0.15, 0.2) is 0 Å². The number of nitrogens with one attached hydrogen (secondary N) is 2. The molecule has 1 aromatic rings. The number of methoxy groups -OCH3 is 1. The van der Waals surface area contributed by atoms with Crippen LogP contribution in [0.3, 0.4) is 0 Å². The third kappa shape index (κ3) is 4.55. The van der Waals surface area contributed by atoms with E-state index >= 15 is 0 Å². The van der Waals surface area contributed by atoms with Crippen molar-refractivity contribution in [3.05, 3.63) is 35.9 Å². The molecule has 17 heavy (non-hydrogen) atoms. The molecule has 0 aliphatic heterocycles. The predicted molar refractivity (Wildman–Crippen MR) is 63.4 cm³/mol. The fourth-order valence-corrected chi connectivity index (χ4v) is 1.34. The highest BCUT2D eigenvalue weighted by Gasteiger charge is 2.09. The summed E-state index contributed by atoms with van der Waals surface area (Å²) in [6.07, 6.45) is -0.618. The Balaban J connectivity index is 2.39. The van der Waals surface area contributed by atoms with Gasteiger partial charge in [-0.25, -0.2) is 4.79 Å². The number of hydrogen-bond donors (Lipinski definition) is 2. The van der Waals surface area contributed by atoms with Crippen LogP contribution in [0.15, 0.2) is 30.3 Å². The first-order valence-corrected chi connectivity index (χ1v) is 5.29. The molecule has 1 rings (SSSR count). The first-order valence-electron chi connectivity index (χ1n) is 5.29. The fourth-order valence-electron chi connectivity index (χ4n) is 1.34. The first-order chi connectivity index (χ1) is 8.13. The van der Waals surface area contributed by atoms with Crippen LogP contribution in [-0.2, 0) is 9.53 Å². The highest BCUT2D eigenvalue weighted by atomic mass is 16.5. The van der Waals surface area contributed by atoms with Gasteiger partial charge in [-0.05, 0) is 12.5 Å². The lowest BCUT2D eigenvalue weighted by Gasteiger charge is -2.14. The molecule has 1 atom stereocenters. The summed E-state index contributed by atoms with van der Waals surface area (Å²) in [4.78, 5) is 22.2. The summed E-state index contributed by atoms with van der Waals surface area (Å²) >= 11 is 0. The molecule has 0 spiro atoms. The van der Waals surface area contributed by atoms with Crippen LogP contribution in [0, 0.1) is 0 Å². The molecule has 0 aromatic heterocycles. The van der Waals surface area contributed by atoms with Gasteiger partial charge in [0.25, 0.3) is 0 Å². The molecule has 5 heteroatoms. The van der Waals surface area contributed by atoms with E-state index in [2.05, 4.69) is 15.4 Å². The third-order valence-electron chi connectivity index (χ3n) is 2.26. The number of ether oxygens (including phenoxy) is 1. The van der Waals surface area contributed by atoms with E-state index in [1.807, 2.05) is 37.3 Å². The molecule has 0 aliphatic carbocycles. The number of alkyl carbamates (subject to hydrolysis) is 1. The Morgan fingerprint density at radius 3 is 2.53 bits per heavy atom. The Bertz CT molecular complexity index is 379. The van der Waals surface area contributed by atoms with Gasteiger partial charge in [-0.3, -0.25) is 4.79 Å². The maximum absolute atomic E-state index is 11.5. The minimum atomic E-state index is -0.618. The van der Waals surface area contributed by atoms with Crippen molar-refractivity contribution in [1.29, 1.82) is 0 Å². The molecule has 2 N–H and O–H groups in total. The number of carbonyl (C=O) groups excluding carboxylic acids is 2. The first kappa shape index (κ1) is 13.0. The number of carbonyl (C=O) groups is 2. The summed E-state index contributed by atoms with van der Waals surface area (Å²) in [5, 5.41) is 5.08. The maximum Gasteiger partial charge on any atom is 0.407 e. The minimum absolute atomic E-state index is 0.0934. The molecule has 0 saturated carbocycles. The summed E-state index contributed by atoms with van der Waals surface area (Å²) in [5.41, 5.74) is 1.01. The molecular formula is C12H16N2O3. The predicted octanol–water partition coefficient (Wildman–Crippen LogP) is 1.22. The molecule has 0 heterocycles. The van der Waals surface area contributed by atoms with Crippen molar-refractivity contribution in [2.45, 2.75) is 13.0 Å². The van der Waals surface area contributed by atoms with Crippen molar-refractivity contribution in [2.75, 3.05) is 13.7 Å². The van der Waals surface area contributed by atoms with Crippen LogP contribution in [0.2, 0.25) is 0 Å². The molecular weight excluding hydrogens is 220 g/mol. The molecule has 1 aromatic carbocycles. The lowest BCUT2D eigenvalue weighted by atomic mass is 10.1. The lowest BCUT2D eigenvalue weighted by Crippen LogP contribution is -2.37. The normalized spacial score (nSPS) is 11.4. The zero-order chi connectivity index (χ0) is 12.7. The highest BCUT2D eigenvalue weighted by molar-refractivity contribution is 5.82. The van der Waals surface area contributed by atoms with Crippen LogP contribution in [0.25, 0.3) is 0 Å². The highest BCUT2D eigenvalue weighted by Crippen LogP contribution is 2.10. The zero-order valence-electron chi connectivity index (χ0n) is 9.90. The Kier molecular flexibility index (Phi) is 5.00. The van der Waals surface area contributed by atoms with Crippen molar-refractivity contribution in [3.8, 4) is 0 Å². The van der Waals surface area contributed by atoms with Crippen molar-refractivity contribution in [2.24, 2.45) is 0 Å². The molecule has 92 valence electrons. The van der Waals surface area contributed by atoms with Crippen LogP contribution in [0.1, 0.15) is 18.5 Å². The second-order valence-corrected chi connectivity index (χ2v) is 3.55. The Hall–Kier alpha value is -2.04. The van der Waals surface area contributed by atoms with E-state index < -0.39 is 6.09 Å². The standard InChI is InChI=1S/C12H16N2O3/c1-9(10-6-4-3-5-7-10)14-11(15)8-13-12(16)17-2/h3-7,9H,8H2,1-2H3,(H,13,16)(H,14,15). The van der Waals surface area contributed by atoms with Gasteiger partial charge in [0.2, 0.25) is 5.91 Å². The monoisotopic (exact) mass is 236 g/mol. The van der Waals surface area contributed by atoms with Crippen LogP contribution >= 0.6 is 0 Å². The van der Waals surface area contributed by atoms with Crippen molar-refractivity contribution < 1.29 is 14.3 Å². The zero-order valence-corrected chi connectivity index (χ0v) is 9.90. The van der Waals surface area contributed by atoms with Gasteiger partial charge in [0.1, 0.15) is 6.54 Å². The van der Waals surface area contributed by atoms with E-state index in [0.717, 1.165) is 5.56 Å². The summed E-state index contributed by atoms with van der Waals surface area (Å²) in [5.74, 6) is -0.258. The minimum Gasteiger partial charge on any atom is -0.453 e. The summed E-state index contributed by atoms with van der Waals surface area (Å²) in [6.45, 7) is 1.79. The average molecular weight is 236 g/mol. The van der Waals surface area contributed by atoms with Crippen molar-refractivity contribution in [1.82, 2.24) is 10.6 Å². The van der Waals surface area contributed by atoms with Crippen LogP contribution in [0.4, 0.5) is 4.79 Å². The molecule has 2 amide bonds. The molecule has 0 radical (unpaired) electrons. The van der Waals surface area contributed by atoms with Crippen molar-refractivity contribution in [3.63, 3.8) is 0 Å². The van der Waals surface area contributed by atoms with Gasteiger partial charge >= 0.3 is 6.09 Å². The third-order valence-corrected chi connectivity index (χ3v) is 2.26. The SMILES string of the molecule is COC(=O)NCC(=O)NC(C)c1ccccc1. The van der Waals surface area contributed by atoms with Gasteiger partial charge in [-0.15, -0.1) is 0 Å². The topological polar surface area (TPSA) is 67.4 Å². The van der Waals surface area contributed by atoms with Gasteiger partial charge < -0.3 is 15.4 Å². The largest absolute Gasteiger partial charge is 0.453 e. The fraction of sp³-hybridized carbons (Fsp3) is 0.333. The Labute approximate surface area is 100 Å². The second-order valence-electron chi connectivity index (χ2n) is 3.55. The Morgan fingerprint density at radius 2 is 1.94 bits per heavy atom. The van der Waals surface area contributed by atoms with Gasteiger partial charge in [0, 0.05) is 0 Å². The van der Waals surface area contributed by atoms with E-state index in [0.29, 0.717) is 0 Å². The number of benzene rings is 1.